The SMILES string of the molecule is O=C(O)C(=O)C(F)C(=O)[O-].[Na+]. The molecular weight excluding hydrogens is 170 g/mol. The Kier molecular flexibility index (Phi) is 6.25. The third kappa shape index (κ3) is 4.07. The third-order valence-electron chi connectivity index (χ3n) is 0.648. The van der Waals surface area contributed by atoms with E-state index in [1.54, 1.807) is 0 Å². The molecule has 0 saturated carbocycles. The monoisotopic (exact) mass is 172 g/mol. The van der Waals surface area contributed by atoms with Gasteiger partial charge in [-0.2, -0.15) is 0 Å². The maximum atomic E-state index is 11.8. The average molecular weight is 172 g/mol. The molecule has 1 unspecified atom stereocenters. The first-order valence-corrected chi connectivity index (χ1v) is 2.09. The van der Waals surface area contributed by atoms with Crippen LogP contribution in [0.15, 0.2) is 0 Å². The number of ketones is 1. The first-order chi connectivity index (χ1) is 4.46. The molecular formula is C4H2FNaO5. The Balaban J connectivity index is 0. The number of aliphatic carboxylic acids is 2. The molecule has 0 spiro atoms. The van der Waals surface area contributed by atoms with Gasteiger partial charge in [-0.05, 0) is 0 Å². The van der Waals surface area contributed by atoms with Crippen LogP contribution in [0.3, 0.4) is 0 Å². The largest absolute Gasteiger partial charge is 1.00 e. The van der Waals surface area contributed by atoms with E-state index < -0.39 is 23.9 Å². The molecule has 0 aliphatic carbocycles. The van der Waals surface area contributed by atoms with Gasteiger partial charge in [0.2, 0.25) is 6.17 Å². The van der Waals surface area contributed by atoms with Gasteiger partial charge in [0.15, 0.2) is 0 Å². The summed E-state index contributed by atoms with van der Waals surface area (Å²) >= 11 is 0. The fourth-order valence-electron chi connectivity index (χ4n) is 0.215. The van der Waals surface area contributed by atoms with Crippen LogP contribution in [0.1, 0.15) is 0 Å². The molecule has 1 atom stereocenters. The number of halogens is 1. The Morgan fingerprint density at radius 2 is 1.73 bits per heavy atom. The van der Waals surface area contributed by atoms with Gasteiger partial charge in [0.05, 0.1) is 5.97 Å². The number of hydrogen-bond donors (Lipinski definition) is 1. The van der Waals surface area contributed by atoms with E-state index in [1.165, 1.54) is 0 Å². The van der Waals surface area contributed by atoms with Gasteiger partial charge in [-0.15, -0.1) is 0 Å². The van der Waals surface area contributed by atoms with Crippen molar-refractivity contribution in [3.8, 4) is 0 Å². The number of alkyl halides is 1. The molecule has 0 fully saturated rings. The van der Waals surface area contributed by atoms with Crippen LogP contribution < -0.4 is 34.7 Å². The molecule has 0 amide bonds. The quantitative estimate of drug-likeness (QED) is 0.260. The summed E-state index contributed by atoms with van der Waals surface area (Å²) in [6.45, 7) is 0. The van der Waals surface area contributed by atoms with Crippen molar-refractivity contribution in [2.75, 3.05) is 0 Å². The van der Waals surface area contributed by atoms with E-state index in [-0.39, 0.29) is 29.6 Å². The number of carboxylic acids is 2. The topological polar surface area (TPSA) is 94.5 Å². The Labute approximate surface area is 82.5 Å². The van der Waals surface area contributed by atoms with Crippen molar-refractivity contribution >= 4 is 17.7 Å². The molecule has 0 aliphatic heterocycles. The Bertz CT molecular complexity index is 191. The van der Waals surface area contributed by atoms with Crippen molar-refractivity contribution in [1.29, 1.82) is 0 Å². The predicted octanol–water partition coefficient (Wildman–Crippen LogP) is -5.27. The zero-order valence-electron chi connectivity index (χ0n) is 5.54. The normalized spacial score (nSPS) is 11.0. The Morgan fingerprint density at radius 1 is 1.36 bits per heavy atom. The van der Waals surface area contributed by atoms with E-state index in [9.17, 15) is 23.9 Å². The number of carbonyl (C=O) groups excluding carboxylic acids is 2. The molecule has 0 rings (SSSR count). The fourth-order valence-corrected chi connectivity index (χ4v) is 0.215. The molecule has 56 valence electrons. The summed E-state index contributed by atoms with van der Waals surface area (Å²) < 4.78 is 11.8. The molecule has 0 aromatic rings. The summed E-state index contributed by atoms with van der Waals surface area (Å²) in [6.07, 6.45) is -3.07. The van der Waals surface area contributed by atoms with Crippen LogP contribution in [0.2, 0.25) is 0 Å². The molecule has 0 aromatic heterocycles. The number of carboxylic acid groups (broad SMARTS) is 2. The Morgan fingerprint density at radius 3 is 1.82 bits per heavy atom. The molecule has 0 bridgehead atoms. The second-order valence-corrected chi connectivity index (χ2v) is 1.35. The van der Waals surface area contributed by atoms with Gasteiger partial charge in [0.25, 0.3) is 5.78 Å². The summed E-state index contributed by atoms with van der Waals surface area (Å²) in [4.78, 5) is 28.9. The molecule has 0 radical (unpaired) electrons. The summed E-state index contributed by atoms with van der Waals surface area (Å²) in [5.74, 6) is -6.50. The van der Waals surface area contributed by atoms with Gasteiger partial charge in [0.1, 0.15) is 0 Å². The summed E-state index contributed by atoms with van der Waals surface area (Å²) in [5.41, 5.74) is 0. The number of carbonyl (C=O) groups is 3. The first kappa shape index (κ1) is 13.2. The van der Waals surface area contributed by atoms with Crippen molar-refractivity contribution in [2.45, 2.75) is 6.17 Å². The molecule has 0 aromatic carbocycles. The van der Waals surface area contributed by atoms with Crippen LogP contribution in [-0.4, -0.2) is 29.0 Å². The van der Waals surface area contributed by atoms with Gasteiger partial charge < -0.3 is 15.0 Å². The molecule has 0 aliphatic rings. The fraction of sp³-hybridized carbons (Fsp3) is 0.250. The van der Waals surface area contributed by atoms with Gasteiger partial charge in [-0.1, -0.05) is 0 Å². The first-order valence-electron chi connectivity index (χ1n) is 2.09. The van der Waals surface area contributed by atoms with E-state index >= 15 is 0 Å². The summed E-state index contributed by atoms with van der Waals surface area (Å²) in [6, 6.07) is 0. The summed E-state index contributed by atoms with van der Waals surface area (Å²) in [7, 11) is 0. The van der Waals surface area contributed by atoms with Gasteiger partial charge >= 0.3 is 35.5 Å². The average Bonchev–Trinajstić information content (AvgIpc) is 1.84. The molecule has 0 heterocycles. The van der Waals surface area contributed by atoms with Crippen molar-refractivity contribution in [3.63, 3.8) is 0 Å². The predicted molar refractivity (Wildman–Crippen MR) is 22.5 cm³/mol. The number of hydrogen-bond acceptors (Lipinski definition) is 4. The van der Waals surface area contributed by atoms with Crippen molar-refractivity contribution in [2.24, 2.45) is 0 Å². The maximum absolute atomic E-state index is 11.8. The second kappa shape index (κ2) is 5.22. The van der Waals surface area contributed by atoms with Crippen LogP contribution in [0.4, 0.5) is 4.39 Å². The minimum atomic E-state index is -3.07. The van der Waals surface area contributed by atoms with Crippen molar-refractivity contribution in [3.05, 3.63) is 0 Å². The van der Waals surface area contributed by atoms with E-state index in [1.807, 2.05) is 0 Å². The minimum absolute atomic E-state index is 0. The molecule has 1 N–H and O–H groups in total. The zero-order chi connectivity index (χ0) is 8.31. The third-order valence-corrected chi connectivity index (χ3v) is 0.648. The Hall–Kier alpha value is -0.460. The van der Waals surface area contributed by atoms with Gasteiger partial charge in [0, 0.05) is 0 Å². The maximum Gasteiger partial charge on any atom is 1.00 e. The smallest absolute Gasteiger partial charge is 0.546 e. The molecule has 5 nitrogen and oxygen atoms in total. The molecule has 7 heteroatoms. The van der Waals surface area contributed by atoms with E-state index in [4.69, 9.17) is 5.11 Å². The summed E-state index contributed by atoms with van der Waals surface area (Å²) in [5, 5.41) is 17.2. The van der Waals surface area contributed by atoms with E-state index in [2.05, 4.69) is 0 Å². The number of rotatable bonds is 3. The number of Topliss-reactive ketones (excluding diaryl/α,β-unsaturated/α-hetero) is 1. The molecule has 11 heavy (non-hydrogen) atoms. The van der Waals surface area contributed by atoms with Crippen LogP contribution in [0.5, 0.6) is 0 Å². The standard InChI is InChI=1S/C4H3FO5.Na/c5-1(3(7)8)2(6)4(9)10;/h1H,(H,7,8)(H,9,10);/q;+1/p-1. The zero-order valence-corrected chi connectivity index (χ0v) is 7.54. The molecule has 0 saturated heterocycles. The van der Waals surface area contributed by atoms with Crippen LogP contribution in [0, 0.1) is 0 Å². The van der Waals surface area contributed by atoms with Crippen LogP contribution in [-0.2, 0) is 14.4 Å². The van der Waals surface area contributed by atoms with Gasteiger partial charge in [-0.3, -0.25) is 4.79 Å². The van der Waals surface area contributed by atoms with Gasteiger partial charge in [-0.25, -0.2) is 9.18 Å². The van der Waals surface area contributed by atoms with Crippen LogP contribution >= 0.6 is 0 Å². The van der Waals surface area contributed by atoms with E-state index in [0.29, 0.717) is 0 Å². The minimum Gasteiger partial charge on any atom is -0.546 e. The van der Waals surface area contributed by atoms with Crippen LogP contribution in [0.25, 0.3) is 0 Å². The van der Waals surface area contributed by atoms with Crippen molar-refractivity contribution < 1.29 is 58.5 Å². The second-order valence-electron chi connectivity index (χ2n) is 1.35. The van der Waals surface area contributed by atoms with Crippen molar-refractivity contribution in [1.82, 2.24) is 0 Å². The van der Waals surface area contributed by atoms with E-state index in [0.717, 1.165) is 0 Å².